The summed E-state index contributed by atoms with van der Waals surface area (Å²) in [6, 6.07) is 0. The van der Waals surface area contributed by atoms with Crippen molar-refractivity contribution in [2.24, 2.45) is 0 Å². The summed E-state index contributed by atoms with van der Waals surface area (Å²) in [5, 5.41) is 0. The molecular formula is C15H25BrN2O3. The van der Waals surface area contributed by atoms with Crippen LogP contribution in [0.15, 0.2) is 0 Å². The molecule has 1 unspecified atom stereocenters. The molecular weight excluding hydrogens is 336 g/mol. The number of ether oxygens (including phenoxy) is 1. The lowest BCUT2D eigenvalue weighted by molar-refractivity contribution is -0.134. The smallest absolute Gasteiger partial charge is 0.410 e. The van der Waals surface area contributed by atoms with Crippen LogP contribution in [0.1, 0.15) is 47.0 Å². The molecule has 0 saturated carbocycles. The Kier molecular flexibility index (Phi) is 4.57. The van der Waals surface area contributed by atoms with E-state index < -0.39 is 5.60 Å². The Morgan fingerprint density at radius 2 is 1.90 bits per heavy atom. The number of carbonyl (C=O) groups excluding carboxylic acids is 2. The number of piperidine rings is 1. The first kappa shape index (κ1) is 16.6. The maximum Gasteiger partial charge on any atom is 0.410 e. The van der Waals surface area contributed by atoms with Crippen LogP contribution in [0.4, 0.5) is 4.79 Å². The molecule has 2 rings (SSSR count). The fourth-order valence-corrected chi connectivity index (χ4v) is 3.52. The van der Waals surface area contributed by atoms with Crippen LogP contribution in [0.25, 0.3) is 0 Å². The van der Waals surface area contributed by atoms with Crippen LogP contribution in [-0.2, 0) is 9.53 Å². The van der Waals surface area contributed by atoms with Gasteiger partial charge in [-0.1, -0.05) is 15.9 Å². The van der Waals surface area contributed by atoms with Crippen molar-refractivity contribution < 1.29 is 14.3 Å². The number of halogens is 1. The maximum atomic E-state index is 12.1. The third-order valence-corrected chi connectivity index (χ3v) is 4.84. The van der Waals surface area contributed by atoms with E-state index in [2.05, 4.69) is 22.9 Å². The number of nitrogens with zero attached hydrogens (tertiary/aromatic N) is 2. The lowest BCUT2D eigenvalue weighted by Gasteiger charge is -2.45. The monoisotopic (exact) mass is 360 g/mol. The second-order valence-corrected chi connectivity index (χ2v) is 8.57. The fourth-order valence-electron chi connectivity index (χ4n) is 2.95. The van der Waals surface area contributed by atoms with Gasteiger partial charge in [0.2, 0.25) is 5.91 Å². The van der Waals surface area contributed by atoms with E-state index in [0.717, 1.165) is 19.4 Å². The van der Waals surface area contributed by atoms with Crippen LogP contribution in [0, 0.1) is 0 Å². The summed E-state index contributed by atoms with van der Waals surface area (Å²) in [5.74, 6) is 0.213. The van der Waals surface area contributed by atoms with Gasteiger partial charge in [0.25, 0.3) is 0 Å². The van der Waals surface area contributed by atoms with Crippen molar-refractivity contribution in [2.75, 3.05) is 19.6 Å². The molecule has 21 heavy (non-hydrogen) atoms. The summed E-state index contributed by atoms with van der Waals surface area (Å²) in [5.41, 5.74) is -0.607. The number of likely N-dealkylation sites (tertiary alicyclic amines) is 2. The lowest BCUT2D eigenvalue weighted by atomic mass is 9.88. The maximum absolute atomic E-state index is 12.1. The van der Waals surface area contributed by atoms with Crippen molar-refractivity contribution in [2.45, 2.75) is 62.9 Å². The highest BCUT2D eigenvalue weighted by Crippen LogP contribution is 2.34. The average Bonchev–Trinajstić information content (AvgIpc) is 2.68. The molecule has 0 bridgehead atoms. The molecule has 2 aliphatic rings. The quantitative estimate of drug-likeness (QED) is 0.675. The summed E-state index contributed by atoms with van der Waals surface area (Å²) < 4.78 is 5.41. The third-order valence-electron chi connectivity index (χ3n) is 4.22. The molecule has 0 N–H and O–H groups in total. The molecule has 2 fully saturated rings. The van der Waals surface area contributed by atoms with Crippen LogP contribution in [-0.4, -0.2) is 57.4 Å². The number of carbonyl (C=O) groups is 2. The number of amides is 2. The van der Waals surface area contributed by atoms with Gasteiger partial charge < -0.3 is 14.5 Å². The van der Waals surface area contributed by atoms with Crippen LogP contribution >= 0.6 is 15.9 Å². The van der Waals surface area contributed by atoms with Gasteiger partial charge in [-0.05, 0) is 40.5 Å². The van der Waals surface area contributed by atoms with Gasteiger partial charge >= 0.3 is 6.09 Å². The second kappa shape index (κ2) is 5.78. The molecule has 0 aliphatic carbocycles. The topological polar surface area (TPSA) is 49.9 Å². The van der Waals surface area contributed by atoms with Crippen molar-refractivity contribution in [3.8, 4) is 0 Å². The Bertz CT molecular complexity index is 425. The van der Waals surface area contributed by atoms with Gasteiger partial charge in [-0.15, -0.1) is 0 Å². The summed E-state index contributed by atoms with van der Waals surface area (Å²) in [4.78, 5) is 28.2. The standard InChI is InChI=1S/C15H25BrN2O3/c1-14(2,3)21-13(20)17-7-5-15(4,6-8-17)18-10-11(16)9-12(18)19/h11H,5-10H2,1-4H3. The second-order valence-electron chi connectivity index (χ2n) is 7.27. The minimum atomic E-state index is -0.466. The molecule has 0 radical (unpaired) electrons. The molecule has 0 spiro atoms. The van der Waals surface area contributed by atoms with Gasteiger partial charge in [-0.3, -0.25) is 4.79 Å². The van der Waals surface area contributed by atoms with E-state index in [-0.39, 0.29) is 22.4 Å². The van der Waals surface area contributed by atoms with Gasteiger partial charge in [0.05, 0.1) is 0 Å². The molecule has 1 atom stereocenters. The van der Waals surface area contributed by atoms with Gasteiger partial charge in [-0.2, -0.15) is 0 Å². The van der Waals surface area contributed by atoms with Gasteiger partial charge in [0.1, 0.15) is 5.60 Å². The van der Waals surface area contributed by atoms with Crippen molar-refractivity contribution >= 4 is 27.9 Å². The van der Waals surface area contributed by atoms with Crippen molar-refractivity contribution in [1.82, 2.24) is 9.80 Å². The minimum Gasteiger partial charge on any atom is -0.444 e. The zero-order valence-electron chi connectivity index (χ0n) is 13.3. The number of hydrogen-bond donors (Lipinski definition) is 0. The molecule has 0 aromatic rings. The number of alkyl halides is 1. The highest BCUT2D eigenvalue weighted by Gasteiger charge is 2.43. The summed E-state index contributed by atoms with van der Waals surface area (Å²) in [6.45, 7) is 9.79. The highest BCUT2D eigenvalue weighted by molar-refractivity contribution is 9.09. The zero-order valence-corrected chi connectivity index (χ0v) is 14.9. The summed E-state index contributed by atoms with van der Waals surface area (Å²) >= 11 is 3.53. The molecule has 2 heterocycles. The van der Waals surface area contributed by atoms with E-state index in [9.17, 15) is 9.59 Å². The fraction of sp³-hybridized carbons (Fsp3) is 0.867. The van der Waals surface area contributed by atoms with E-state index in [1.807, 2.05) is 25.7 Å². The molecule has 120 valence electrons. The molecule has 0 aromatic carbocycles. The predicted molar refractivity (Wildman–Crippen MR) is 84.5 cm³/mol. The largest absolute Gasteiger partial charge is 0.444 e. The first-order valence-electron chi connectivity index (χ1n) is 7.53. The van der Waals surface area contributed by atoms with Crippen molar-refractivity contribution in [1.29, 1.82) is 0 Å². The Hall–Kier alpha value is -0.780. The van der Waals surface area contributed by atoms with Crippen LogP contribution in [0.5, 0.6) is 0 Å². The van der Waals surface area contributed by atoms with Crippen molar-refractivity contribution in [3.63, 3.8) is 0 Å². The molecule has 2 saturated heterocycles. The molecule has 6 heteroatoms. The predicted octanol–water partition coefficient (Wildman–Crippen LogP) is 2.77. The normalized spacial score (nSPS) is 26.1. The lowest BCUT2D eigenvalue weighted by Crippen LogP contribution is -2.55. The van der Waals surface area contributed by atoms with E-state index >= 15 is 0 Å². The number of hydrogen-bond acceptors (Lipinski definition) is 3. The third kappa shape index (κ3) is 3.90. The van der Waals surface area contributed by atoms with Gasteiger partial charge in [-0.25, -0.2) is 4.79 Å². The first-order chi connectivity index (χ1) is 9.61. The highest BCUT2D eigenvalue weighted by atomic mass is 79.9. The Balaban J connectivity index is 1.93. The van der Waals surface area contributed by atoms with Gasteiger partial charge in [0.15, 0.2) is 0 Å². The van der Waals surface area contributed by atoms with E-state index in [0.29, 0.717) is 19.5 Å². The molecule has 0 aromatic heterocycles. The van der Waals surface area contributed by atoms with Crippen LogP contribution < -0.4 is 0 Å². The first-order valence-corrected chi connectivity index (χ1v) is 8.45. The molecule has 2 amide bonds. The van der Waals surface area contributed by atoms with E-state index in [1.165, 1.54) is 0 Å². The average molecular weight is 361 g/mol. The summed E-state index contributed by atoms with van der Waals surface area (Å²) in [6.07, 6.45) is 1.93. The minimum absolute atomic E-state index is 0.141. The van der Waals surface area contributed by atoms with E-state index in [1.54, 1.807) is 4.90 Å². The Labute approximate surface area is 135 Å². The van der Waals surface area contributed by atoms with Crippen LogP contribution in [0.2, 0.25) is 0 Å². The Morgan fingerprint density at radius 3 is 2.33 bits per heavy atom. The van der Waals surface area contributed by atoms with E-state index in [4.69, 9.17) is 4.74 Å². The Morgan fingerprint density at radius 1 is 1.33 bits per heavy atom. The number of rotatable bonds is 1. The zero-order chi connectivity index (χ0) is 15.8. The SMILES string of the molecule is CC(C)(C)OC(=O)N1CCC(C)(N2CC(Br)CC2=O)CC1. The molecule has 5 nitrogen and oxygen atoms in total. The van der Waals surface area contributed by atoms with Gasteiger partial charge in [0, 0.05) is 36.4 Å². The van der Waals surface area contributed by atoms with Crippen molar-refractivity contribution in [3.05, 3.63) is 0 Å². The molecule has 2 aliphatic heterocycles. The van der Waals surface area contributed by atoms with Crippen LogP contribution in [0.3, 0.4) is 0 Å². The summed E-state index contributed by atoms with van der Waals surface area (Å²) in [7, 11) is 0.